The van der Waals surface area contributed by atoms with Crippen molar-refractivity contribution in [1.82, 2.24) is 0 Å². The molecule has 186 valence electrons. The first-order valence-corrected chi connectivity index (χ1v) is 11.0. The summed E-state index contributed by atoms with van der Waals surface area (Å²) in [5.41, 5.74) is 0.843. The number of nitro groups is 1. The van der Waals surface area contributed by atoms with E-state index in [1.165, 1.54) is 0 Å². The van der Waals surface area contributed by atoms with Gasteiger partial charge in [-0.25, -0.2) is 0 Å². The summed E-state index contributed by atoms with van der Waals surface area (Å²) >= 11 is 12.1. The van der Waals surface area contributed by atoms with E-state index in [0.717, 1.165) is 12.1 Å². The number of halogens is 2. The molecule has 12 nitrogen and oxygen atoms in total. The Morgan fingerprint density at radius 2 is 1.44 bits per heavy atom. The molecule has 0 heterocycles. The zero-order valence-electron chi connectivity index (χ0n) is 18.6. The highest BCUT2D eigenvalue weighted by Gasteiger charge is 2.15. The first-order valence-electron chi connectivity index (χ1n) is 10.2. The topological polar surface area (TPSA) is 171 Å². The van der Waals surface area contributed by atoms with Crippen molar-refractivity contribution in [2.24, 2.45) is 10.2 Å². The lowest BCUT2D eigenvalue weighted by Crippen LogP contribution is -2.29. The molecular formula is C22H18Cl2N6O6. The molecule has 0 aromatic heterocycles. The average molecular weight is 533 g/mol. The fourth-order valence-electron chi connectivity index (χ4n) is 2.78. The number of rotatable bonds is 12. The fraction of sp³-hybridized carbons (Fsp3) is 0.273. The van der Waals surface area contributed by atoms with E-state index in [9.17, 15) is 19.7 Å². The van der Waals surface area contributed by atoms with Gasteiger partial charge in [-0.2, -0.15) is 15.6 Å². The van der Waals surface area contributed by atoms with Crippen LogP contribution in [0.15, 0.2) is 46.6 Å². The van der Waals surface area contributed by atoms with E-state index in [4.69, 9.17) is 43.2 Å². The van der Waals surface area contributed by atoms with Crippen molar-refractivity contribution in [3.63, 3.8) is 0 Å². The molecule has 0 radical (unpaired) electrons. The molecule has 2 aromatic rings. The second-order valence-electron chi connectivity index (χ2n) is 6.86. The van der Waals surface area contributed by atoms with E-state index in [1.54, 1.807) is 41.3 Å². The van der Waals surface area contributed by atoms with Crippen LogP contribution in [0, 0.1) is 32.8 Å². The lowest BCUT2D eigenvalue weighted by molar-refractivity contribution is -0.384. The minimum atomic E-state index is -0.629. The Morgan fingerprint density at radius 1 is 0.944 bits per heavy atom. The Hall–Kier alpha value is -4.26. The van der Waals surface area contributed by atoms with Gasteiger partial charge in [0.1, 0.15) is 17.8 Å². The van der Waals surface area contributed by atoms with Gasteiger partial charge in [-0.3, -0.25) is 19.7 Å². The van der Waals surface area contributed by atoms with Crippen molar-refractivity contribution in [2.45, 2.75) is 12.8 Å². The van der Waals surface area contributed by atoms with Gasteiger partial charge in [-0.1, -0.05) is 23.2 Å². The third kappa shape index (κ3) is 8.83. The van der Waals surface area contributed by atoms with Crippen LogP contribution in [0.4, 0.5) is 22.7 Å². The van der Waals surface area contributed by atoms with Crippen molar-refractivity contribution in [1.29, 1.82) is 10.5 Å². The molecule has 0 unspecified atom stereocenters. The number of nitro benzene ring substituents is 1. The number of carbonyl (C=O) groups excluding carboxylic acids is 2. The number of hydrogen-bond acceptors (Lipinski definition) is 11. The number of esters is 2. The van der Waals surface area contributed by atoms with E-state index < -0.39 is 16.9 Å². The summed E-state index contributed by atoms with van der Waals surface area (Å²) in [6.07, 6.45) is -0.0684. The third-order valence-electron chi connectivity index (χ3n) is 4.46. The van der Waals surface area contributed by atoms with E-state index in [0.29, 0.717) is 11.4 Å². The molecule has 0 spiro atoms. The van der Waals surface area contributed by atoms with E-state index >= 15 is 0 Å². The molecule has 0 fully saturated rings. The van der Waals surface area contributed by atoms with Gasteiger partial charge in [0.15, 0.2) is 13.2 Å². The van der Waals surface area contributed by atoms with Crippen molar-refractivity contribution < 1.29 is 24.0 Å². The Labute approximate surface area is 215 Å². The molecule has 0 atom stereocenters. The van der Waals surface area contributed by atoms with Crippen LogP contribution in [-0.4, -0.2) is 43.2 Å². The Kier molecular flexibility index (Phi) is 11.0. The summed E-state index contributed by atoms with van der Waals surface area (Å²) in [6, 6.07) is 12.2. The molecule has 0 saturated heterocycles. The maximum absolute atomic E-state index is 11.8. The first-order chi connectivity index (χ1) is 17.2. The lowest BCUT2D eigenvalue weighted by atomic mass is 10.2. The summed E-state index contributed by atoms with van der Waals surface area (Å²) in [5.74, 6) is -1.15. The highest BCUT2D eigenvalue weighted by Crippen LogP contribution is 2.37. The molecule has 0 aliphatic heterocycles. The second-order valence-corrected chi connectivity index (χ2v) is 7.67. The maximum atomic E-state index is 11.8. The molecule has 36 heavy (non-hydrogen) atoms. The van der Waals surface area contributed by atoms with Crippen LogP contribution in [0.25, 0.3) is 0 Å². The van der Waals surface area contributed by atoms with Crippen molar-refractivity contribution in [3.05, 3.63) is 56.6 Å². The van der Waals surface area contributed by atoms with Crippen LogP contribution in [0.3, 0.4) is 0 Å². The summed E-state index contributed by atoms with van der Waals surface area (Å²) in [4.78, 5) is 35.6. The predicted molar refractivity (Wildman–Crippen MR) is 128 cm³/mol. The van der Waals surface area contributed by atoms with Gasteiger partial charge in [0.05, 0.1) is 33.5 Å². The summed E-state index contributed by atoms with van der Waals surface area (Å²) in [5, 5.41) is 35.9. The minimum absolute atomic E-state index is 0.0342. The molecule has 2 rings (SSSR count). The fourth-order valence-corrected chi connectivity index (χ4v) is 3.33. The number of anilines is 1. The first kappa shape index (κ1) is 28.0. The largest absolute Gasteiger partial charge is 0.450 e. The molecule has 0 aliphatic carbocycles. The molecule has 0 aliphatic rings. The molecule has 0 bridgehead atoms. The normalized spacial score (nSPS) is 10.3. The van der Waals surface area contributed by atoms with Gasteiger partial charge < -0.3 is 14.4 Å². The number of carbonyl (C=O) groups is 2. The maximum Gasteiger partial charge on any atom is 0.308 e. The summed E-state index contributed by atoms with van der Waals surface area (Å²) in [6.45, 7) is -0.348. The Balaban J connectivity index is 2.15. The number of hydrogen-bond donors (Lipinski definition) is 0. The molecule has 2 aromatic carbocycles. The highest BCUT2D eigenvalue weighted by atomic mass is 35.5. The van der Waals surface area contributed by atoms with Crippen LogP contribution in [0.2, 0.25) is 10.0 Å². The van der Waals surface area contributed by atoms with Crippen molar-refractivity contribution >= 4 is 57.9 Å². The third-order valence-corrected chi connectivity index (χ3v) is 5.04. The molecule has 0 N–H and O–H groups in total. The van der Waals surface area contributed by atoms with Gasteiger partial charge in [0, 0.05) is 30.9 Å². The van der Waals surface area contributed by atoms with Crippen molar-refractivity contribution in [3.8, 4) is 12.1 Å². The van der Waals surface area contributed by atoms with Crippen LogP contribution in [-0.2, 0) is 19.1 Å². The van der Waals surface area contributed by atoms with Gasteiger partial charge in [-0.15, -0.1) is 5.11 Å². The zero-order chi connectivity index (χ0) is 26.5. The predicted octanol–water partition coefficient (Wildman–Crippen LogP) is 5.04. The molecule has 0 amide bonds. The smallest absolute Gasteiger partial charge is 0.308 e. The second kappa shape index (κ2) is 14.2. The van der Waals surface area contributed by atoms with Crippen LogP contribution in [0.5, 0.6) is 0 Å². The average Bonchev–Trinajstić information content (AvgIpc) is 2.86. The van der Waals surface area contributed by atoms with Crippen LogP contribution < -0.4 is 4.90 Å². The summed E-state index contributed by atoms with van der Waals surface area (Å²) < 4.78 is 9.50. The lowest BCUT2D eigenvalue weighted by Gasteiger charge is -2.24. The van der Waals surface area contributed by atoms with Crippen LogP contribution >= 0.6 is 23.2 Å². The highest BCUT2D eigenvalue weighted by molar-refractivity contribution is 6.39. The zero-order valence-corrected chi connectivity index (χ0v) is 20.1. The number of benzene rings is 2. The van der Waals surface area contributed by atoms with Crippen molar-refractivity contribution in [2.75, 3.05) is 31.2 Å². The Bertz CT molecular complexity index is 1170. The monoisotopic (exact) mass is 532 g/mol. The molecule has 14 heteroatoms. The molecular weight excluding hydrogens is 515 g/mol. The quantitative estimate of drug-likeness (QED) is 0.157. The van der Waals surface area contributed by atoms with Gasteiger partial charge >= 0.3 is 11.9 Å². The Morgan fingerprint density at radius 3 is 1.89 bits per heavy atom. The number of nitrogens with zero attached hydrogens (tertiary/aromatic N) is 6. The summed E-state index contributed by atoms with van der Waals surface area (Å²) in [7, 11) is 0. The van der Waals surface area contributed by atoms with Crippen LogP contribution in [0.1, 0.15) is 12.8 Å². The minimum Gasteiger partial charge on any atom is -0.450 e. The molecule has 0 saturated carbocycles. The van der Waals surface area contributed by atoms with E-state index in [1.807, 2.05) is 0 Å². The number of azo groups is 1. The SMILES string of the molecule is N#CCOC(=O)CCN(CCC(=O)OCC#N)c1ccc(N=Nc2c(Cl)cc([N+](=O)[O-])cc2Cl)cc1. The number of nitriles is 2. The number of non-ortho nitro benzene ring substituents is 1. The van der Waals surface area contributed by atoms with E-state index in [2.05, 4.69) is 10.2 Å². The van der Waals surface area contributed by atoms with E-state index in [-0.39, 0.29) is 60.6 Å². The number of ether oxygens (including phenoxy) is 2. The van der Waals surface area contributed by atoms with Gasteiger partial charge in [0.25, 0.3) is 5.69 Å². The standard InChI is InChI=1S/C22H18Cl2N6O6/c23-18-13-17(30(33)34)14-19(24)22(18)28-27-15-1-3-16(4-2-15)29(9-5-20(31)35-11-7-25)10-6-21(32)36-12-8-26/h1-4,13-14H,5-6,9-12H2. The van der Waals surface area contributed by atoms with Gasteiger partial charge in [0.2, 0.25) is 0 Å². The van der Waals surface area contributed by atoms with Gasteiger partial charge in [-0.05, 0) is 24.3 Å².